The Bertz CT molecular complexity index is 752. The van der Waals surface area contributed by atoms with Gasteiger partial charge in [0.05, 0.1) is 18.3 Å². The summed E-state index contributed by atoms with van der Waals surface area (Å²) in [5.74, 6) is -0.172. The molecule has 0 spiro atoms. The minimum Gasteiger partial charge on any atom is -0.395 e. The molecule has 3 N–H and O–H groups in total. The Hall–Kier alpha value is -2.34. The molecule has 0 aliphatic rings. The van der Waals surface area contributed by atoms with Gasteiger partial charge in [-0.2, -0.15) is 5.10 Å². The number of hydrogen-bond donors (Lipinski definition) is 3. The molecule has 0 aliphatic carbocycles. The van der Waals surface area contributed by atoms with Crippen molar-refractivity contribution in [3.05, 3.63) is 46.3 Å². The van der Waals surface area contributed by atoms with Crippen LogP contribution in [0.3, 0.4) is 0 Å². The summed E-state index contributed by atoms with van der Waals surface area (Å²) < 4.78 is 2.01. The number of benzene rings is 1. The van der Waals surface area contributed by atoms with Gasteiger partial charge in [0.15, 0.2) is 0 Å². The summed E-state index contributed by atoms with van der Waals surface area (Å²) in [6.07, 6.45) is 0. The first-order valence-corrected chi connectivity index (χ1v) is 8.69. The Kier molecular flexibility index (Phi) is 6.20. The summed E-state index contributed by atoms with van der Waals surface area (Å²) in [4.78, 5) is 12.2. The fraction of sp³-hybridized carbons (Fsp3) is 0.474. The molecule has 2 rings (SSSR count). The lowest BCUT2D eigenvalue weighted by molar-refractivity contribution is 0.0944. The van der Waals surface area contributed by atoms with E-state index in [1.807, 2.05) is 30.7 Å². The predicted octanol–water partition coefficient (Wildman–Crippen LogP) is 2.72. The molecule has 1 amide bonds. The molecule has 0 bridgehead atoms. The molecule has 6 heteroatoms. The van der Waals surface area contributed by atoms with Gasteiger partial charge in [0.25, 0.3) is 5.91 Å². The molecular formula is C19H28N4O2. The van der Waals surface area contributed by atoms with Crippen LogP contribution in [0.25, 0.3) is 0 Å². The predicted molar refractivity (Wildman–Crippen MR) is 100 cm³/mol. The maximum absolute atomic E-state index is 12.2. The molecule has 1 atom stereocenters. The SMILES string of the molecule is CCn1nc(C)c(C(C)Nc2cccc(C(=O)NCCO)c2C)c1C. The molecule has 1 aromatic heterocycles. The highest BCUT2D eigenvalue weighted by Crippen LogP contribution is 2.28. The summed E-state index contributed by atoms with van der Waals surface area (Å²) in [5, 5.41) is 19.7. The number of aliphatic hydroxyl groups excluding tert-OH is 1. The Morgan fingerprint density at radius 3 is 2.64 bits per heavy atom. The normalized spacial score (nSPS) is 12.1. The lowest BCUT2D eigenvalue weighted by Gasteiger charge is -2.19. The third-order valence-corrected chi connectivity index (χ3v) is 4.52. The van der Waals surface area contributed by atoms with Crippen molar-refractivity contribution in [2.45, 2.75) is 47.2 Å². The number of nitrogens with zero attached hydrogens (tertiary/aromatic N) is 2. The lowest BCUT2D eigenvalue weighted by Crippen LogP contribution is -2.27. The van der Waals surface area contributed by atoms with E-state index < -0.39 is 0 Å². The summed E-state index contributed by atoms with van der Waals surface area (Å²) in [6.45, 7) is 11.3. The van der Waals surface area contributed by atoms with Crippen LogP contribution in [-0.4, -0.2) is 33.9 Å². The number of carbonyl (C=O) groups is 1. The largest absolute Gasteiger partial charge is 0.395 e. The fourth-order valence-corrected chi connectivity index (χ4v) is 3.25. The summed E-state index contributed by atoms with van der Waals surface area (Å²) in [5.41, 5.74) is 5.80. The molecule has 6 nitrogen and oxygen atoms in total. The molecule has 2 aromatic rings. The molecule has 0 aliphatic heterocycles. The number of amides is 1. The van der Waals surface area contributed by atoms with Crippen LogP contribution >= 0.6 is 0 Å². The number of anilines is 1. The van der Waals surface area contributed by atoms with E-state index in [9.17, 15) is 4.79 Å². The minimum absolute atomic E-state index is 0.0697. The third-order valence-electron chi connectivity index (χ3n) is 4.52. The van der Waals surface area contributed by atoms with Crippen LogP contribution in [0.4, 0.5) is 5.69 Å². The van der Waals surface area contributed by atoms with E-state index in [4.69, 9.17) is 5.11 Å². The summed E-state index contributed by atoms with van der Waals surface area (Å²) >= 11 is 0. The van der Waals surface area contributed by atoms with E-state index in [1.165, 1.54) is 5.56 Å². The van der Waals surface area contributed by atoms with Crippen LogP contribution in [0.1, 0.15) is 52.8 Å². The van der Waals surface area contributed by atoms with Crippen LogP contribution in [0.15, 0.2) is 18.2 Å². The number of carbonyl (C=O) groups excluding carboxylic acids is 1. The second-order valence-electron chi connectivity index (χ2n) is 6.22. The number of rotatable bonds is 7. The molecule has 0 fully saturated rings. The zero-order valence-electron chi connectivity index (χ0n) is 15.7. The minimum atomic E-state index is -0.172. The standard InChI is InChI=1S/C19H28N4O2/c1-6-23-15(5)18(14(4)22-23)13(3)21-17-9-7-8-16(12(17)2)19(25)20-10-11-24/h7-9,13,21,24H,6,10-11H2,1-5H3,(H,20,25). The molecule has 0 radical (unpaired) electrons. The van der Waals surface area contributed by atoms with Crippen molar-refractivity contribution < 1.29 is 9.90 Å². The third kappa shape index (κ3) is 4.02. The van der Waals surface area contributed by atoms with Crippen molar-refractivity contribution in [1.82, 2.24) is 15.1 Å². The molecule has 25 heavy (non-hydrogen) atoms. The highest BCUT2D eigenvalue weighted by molar-refractivity contribution is 5.97. The highest BCUT2D eigenvalue weighted by atomic mass is 16.3. The van der Waals surface area contributed by atoms with Gasteiger partial charge >= 0.3 is 0 Å². The summed E-state index contributed by atoms with van der Waals surface area (Å²) in [7, 11) is 0. The van der Waals surface area contributed by atoms with Gasteiger partial charge in [-0.1, -0.05) is 6.07 Å². The van der Waals surface area contributed by atoms with Crippen molar-refractivity contribution in [2.24, 2.45) is 0 Å². The molecular weight excluding hydrogens is 316 g/mol. The molecule has 1 heterocycles. The van der Waals surface area contributed by atoms with Crippen molar-refractivity contribution in [3.63, 3.8) is 0 Å². The van der Waals surface area contributed by atoms with E-state index in [2.05, 4.69) is 36.5 Å². The number of aryl methyl sites for hydroxylation is 2. The van der Waals surface area contributed by atoms with E-state index in [0.29, 0.717) is 5.56 Å². The van der Waals surface area contributed by atoms with Crippen LogP contribution in [0.5, 0.6) is 0 Å². The van der Waals surface area contributed by atoms with E-state index >= 15 is 0 Å². The number of hydrogen-bond acceptors (Lipinski definition) is 4. The maximum atomic E-state index is 12.2. The fourth-order valence-electron chi connectivity index (χ4n) is 3.25. The van der Waals surface area contributed by atoms with Gasteiger partial charge in [-0.05, 0) is 52.3 Å². The zero-order chi connectivity index (χ0) is 18.6. The van der Waals surface area contributed by atoms with Gasteiger partial charge in [0.1, 0.15) is 0 Å². The van der Waals surface area contributed by atoms with Gasteiger partial charge in [0.2, 0.25) is 0 Å². The molecule has 0 saturated heterocycles. The highest BCUT2D eigenvalue weighted by Gasteiger charge is 2.18. The monoisotopic (exact) mass is 344 g/mol. The first kappa shape index (κ1) is 19.0. The van der Waals surface area contributed by atoms with Crippen molar-refractivity contribution >= 4 is 11.6 Å². The Labute approximate surface area is 149 Å². The average molecular weight is 344 g/mol. The molecule has 0 saturated carbocycles. The van der Waals surface area contributed by atoms with Crippen LogP contribution < -0.4 is 10.6 Å². The smallest absolute Gasteiger partial charge is 0.251 e. The maximum Gasteiger partial charge on any atom is 0.251 e. The topological polar surface area (TPSA) is 79.2 Å². The quantitative estimate of drug-likeness (QED) is 0.721. The number of nitrogens with one attached hydrogen (secondary N) is 2. The first-order valence-electron chi connectivity index (χ1n) is 8.69. The molecule has 1 aromatic carbocycles. The van der Waals surface area contributed by atoms with Gasteiger partial charge in [-0.25, -0.2) is 0 Å². The van der Waals surface area contributed by atoms with Crippen molar-refractivity contribution in [1.29, 1.82) is 0 Å². The van der Waals surface area contributed by atoms with E-state index in [1.54, 1.807) is 6.07 Å². The number of aromatic nitrogens is 2. The lowest BCUT2D eigenvalue weighted by atomic mass is 10.0. The van der Waals surface area contributed by atoms with Crippen LogP contribution in [0, 0.1) is 20.8 Å². The Balaban J connectivity index is 2.26. The zero-order valence-corrected chi connectivity index (χ0v) is 15.7. The first-order chi connectivity index (χ1) is 11.9. The van der Waals surface area contributed by atoms with Crippen molar-refractivity contribution in [2.75, 3.05) is 18.5 Å². The van der Waals surface area contributed by atoms with E-state index in [-0.39, 0.29) is 25.1 Å². The Morgan fingerprint density at radius 1 is 1.32 bits per heavy atom. The van der Waals surface area contributed by atoms with Gasteiger partial charge in [-0.15, -0.1) is 0 Å². The van der Waals surface area contributed by atoms with E-state index in [0.717, 1.165) is 29.2 Å². The van der Waals surface area contributed by atoms with Gasteiger partial charge in [0, 0.05) is 35.6 Å². The van der Waals surface area contributed by atoms with Crippen molar-refractivity contribution in [3.8, 4) is 0 Å². The second-order valence-corrected chi connectivity index (χ2v) is 6.22. The average Bonchev–Trinajstić information content (AvgIpc) is 2.88. The van der Waals surface area contributed by atoms with Gasteiger partial charge < -0.3 is 15.7 Å². The van der Waals surface area contributed by atoms with Crippen LogP contribution in [0.2, 0.25) is 0 Å². The molecule has 136 valence electrons. The van der Waals surface area contributed by atoms with Crippen LogP contribution in [-0.2, 0) is 6.54 Å². The Morgan fingerprint density at radius 2 is 2.04 bits per heavy atom. The number of aliphatic hydroxyl groups is 1. The molecule has 1 unspecified atom stereocenters. The van der Waals surface area contributed by atoms with Gasteiger partial charge in [-0.3, -0.25) is 9.48 Å². The second kappa shape index (κ2) is 8.16. The summed E-state index contributed by atoms with van der Waals surface area (Å²) in [6, 6.07) is 5.72.